The van der Waals surface area contributed by atoms with Crippen LogP contribution in [0.2, 0.25) is 18.1 Å². The molecule has 0 amide bonds. The summed E-state index contributed by atoms with van der Waals surface area (Å²) in [6.07, 6.45) is 0.970. The van der Waals surface area contributed by atoms with Crippen molar-refractivity contribution in [2.45, 2.75) is 58.8 Å². The third-order valence-corrected chi connectivity index (χ3v) is 9.28. The third-order valence-electron chi connectivity index (χ3n) is 4.74. The highest BCUT2D eigenvalue weighted by Crippen LogP contribution is 2.36. The van der Waals surface area contributed by atoms with Crippen LogP contribution in [-0.4, -0.2) is 24.7 Å². The molecule has 0 aliphatic rings. The van der Waals surface area contributed by atoms with Crippen molar-refractivity contribution in [2.75, 3.05) is 12.3 Å². The number of nitrogens with zero attached hydrogens (tertiary/aromatic N) is 2. The van der Waals surface area contributed by atoms with Crippen LogP contribution in [0.5, 0.6) is 0 Å². The van der Waals surface area contributed by atoms with Gasteiger partial charge in [0.15, 0.2) is 8.32 Å². The van der Waals surface area contributed by atoms with E-state index in [1.54, 1.807) is 0 Å². The Balaban J connectivity index is 2.00. The number of benzene rings is 1. The van der Waals surface area contributed by atoms with Gasteiger partial charge in [-0.15, -0.1) is 0 Å². The zero-order chi connectivity index (χ0) is 16.5. The summed E-state index contributed by atoms with van der Waals surface area (Å²) < 4.78 is 8.28. The van der Waals surface area contributed by atoms with Crippen LogP contribution in [0.3, 0.4) is 0 Å². The Morgan fingerprint density at radius 2 is 1.95 bits per heavy atom. The topological polar surface area (TPSA) is 53.1 Å². The summed E-state index contributed by atoms with van der Waals surface area (Å²) in [7, 11) is -1.65. The Hall–Kier alpha value is -1.33. The van der Waals surface area contributed by atoms with Crippen molar-refractivity contribution in [3.8, 4) is 0 Å². The van der Waals surface area contributed by atoms with Gasteiger partial charge in [0.05, 0.1) is 11.2 Å². The summed E-state index contributed by atoms with van der Waals surface area (Å²) in [4.78, 5) is 0. The minimum Gasteiger partial charge on any atom is -0.417 e. The fourth-order valence-electron chi connectivity index (χ4n) is 2.29. The van der Waals surface area contributed by atoms with Gasteiger partial charge in [-0.05, 0) is 49.7 Å². The molecule has 0 aliphatic heterocycles. The average Bonchev–Trinajstić information content (AvgIpc) is 2.70. The first kappa shape index (κ1) is 17.0. The van der Waals surface area contributed by atoms with E-state index in [0.29, 0.717) is 0 Å². The van der Waals surface area contributed by atoms with E-state index in [-0.39, 0.29) is 5.04 Å². The second-order valence-corrected chi connectivity index (χ2v) is 12.4. The molecule has 2 N–H and O–H groups in total. The molecular formula is C17H29N3OSi. The van der Waals surface area contributed by atoms with Crippen LogP contribution in [-0.2, 0) is 11.0 Å². The number of hydrogen-bond donors (Lipinski definition) is 1. The molecule has 4 nitrogen and oxygen atoms in total. The highest BCUT2D eigenvalue weighted by atomic mass is 28.4. The van der Waals surface area contributed by atoms with Gasteiger partial charge in [-0.25, -0.2) is 0 Å². The molecule has 0 spiro atoms. The fraction of sp³-hybridized carbons (Fsp3) is 0.588. The van der Waals surface area contributed by atoms with Crippen molar-refractivity contribution in [1.29, 1.82) is 0 Å². The maximum atomic E-state index is 6.23. The van der Waals surface area contributed by atoms with Crippen molar-refractivity contribution >= 4 is 24.9 Å². The van der Waals surface area contributed by atoms with Crippen molar-refractivity contribution in [3.05, 3.63) is 23.9 Å². The lowest BCUT2D eigenvalue weighted by Gasteiger charge is -2.36. The second kappa shape index (κ2) is 6.05. The first-order chi connectivity index (χ1) is 10.1. The average molecular weight is 320 g/mol. The van der Waals surface area contributed by atoms with Gasteiger partial charge in [-0.3, -0.25) is 4.68 Å². The van der Waals surface area contributed by atoms with Crippen molar-refractivity contribution in [2.24, 2.45) is 0 Å². The predicted molar refractivity (Wildman–Crippen MR) is 96.6 cm³/mol. The molecule has 2 aromatic rings. The lowest BCUT2D eigenvalue weighted by molar-refractivity contribution is 0.273. The first-order valence-electron chi connectivity index (χ1n) is 7.98. The van der Waals surface area contributed by atoms with Gasteiger partial charge in [-0.1, -0.05) is 20.8 Å². The van der Waals surface area contributed by atoms with Gasteiger partial charge in [0.1, 0.15) is 0 Å². The molecule has 0 atom stereocenters. The van der Waals surface area contributed by atoms with Gasteiger partial charge in [0, 0.05) is 24.2 Å². The molecule has 2 rings (SSSR count). The van der Waals surface area contributed by atoms with Crippen LogP contribution in [0.4, 0.5) is 5.69 Å². The van der Waals surface area contributed by atoms with Gasteiger partial charge in [-0.2, -0.15) is 5.10 Å². The Morgan fingerprint density at radius 3 is 2.59 bits per heavy atom. The molecule has 1 heterocycles. The molecule has 22 heavy (non-hydrogen) atoms. The molecule has 5 heteroatoms. The Morgan fingerprint density at radius 1 is 1.27 bits per heavy atom. The number of rotatable bonds is 5. The minimum atomic E-state index is -1.65. The molecule has 0 radical (unpaired) electrons. The van der Waals surface area contributed by atoms with E-state index >= 15 is 0 Å². The predicted octanol–water partition coefficient (Wildman–Crippen LogP) is 4.34. The maximum Gasteiger partial charge on any atom is 0.191 e. The number of aryl methyl sites for hydroxylation is 2. The molecule has 0 aliphatic carbocycles. The van der Waals surface area contributed by atoms with Crippen LogP contribution in [0.15, 0.2) is 18.2 Å². The largest absolute Gasteiger partial charge is 0.417 e. The Kier molecular flexibility index (Phi) is 4.68. The third kappa shape index (κ3) is 3.52. The number of fused-ring (bicyclic) bond motifs is 1. The summed E-state index contributed by atoms with van der Waals surface area (Å²) in [6, 6.07) is 5.99. The molecule has 122 valence electrons. The van der Waals surface area contributed by atoms with E-state index in [1.807, 2.05) is 19.1 Å². The summed E-state index contributed by atoms with van der Waals surface area (Å²) >= 11 is 0. The lowest BCUT2D eigenvalue weighted by atomic mass is 10.2. The molecule has 0 bridgehead atoms. The zero-order valence-corrected chi connectivity index (χ0v) is 15.7. The second-order valence-electron chi connectivity index (χ2n) is 7.55. The van der Waals surface area contributed by atoms with Crippen molar-refractivity contribution < 1.29 is 4.43 Å². The normalized spacial score (nSPS) is 13.0. The summed E-state index contributed by atoms with van der Waals surface area (Å²) in [5, 5.41) is 6.07. The Bertz CT molecular complexity index is 656. The molecule has 0 saturated heterocycles. The number of anilines is 1. The number of aromatic nitrogens is 2. The standard InChI is InChI=1S/C17H29N3OSi/c1-13-15-9-8-14(18)12-16(15)20(19-13)10-7-11-21-22(5,6)17(2,3)4/h8-9,12H,7,10-11,18H2,1-6H3. The highest BCUT2D eigenvalue weighted by Gasteiger charge is 2.36. The summed E-state index contributed by atoms with van der Waals surface area (Å²) in [5.74, 6) is 0. The molecular weight excluding hydrogens is 290 g/mol. The fourth-order valence-corrected chi connectivity index (χ4v) is 3.37. The number of nitrogen functional groups attached to an aromatic ring is 1. The number of hydrogen-bond acceptors (Lipinski definition) is 3. The summed E-state index contributed by atoms with van der Waals surface area (Å²) in [5.41, 5.74) is 8.86. The van der Waals surface area contributed by atoms with Crippen molar-refractivity contribution in [1.82, 2.24) is 9.78 Å². The molecule has 0 fully saturated rings. The highest BCUT2D eigenvalue weighted by molar-refractivity contribution is 6.74. The zero-order valence-electron chi connectivity index (χ0n) is 14.7. The van der Waals surface area contributed by atoms with E-state index in [1.165, 1.54) is 5.39 Å². The van der Waals surface area contributed by atoms with Crippen LogP contribution in [0.25, 0.3) is 10.9 Å². The molecule has 1 aromatic heterocycles. The van der Waals surface area contributed by atoms with E-state index < -0.39 is 8.32 Å². The van der Waals surface area contributed by atoms with Crippen molar-refractivity contribution in [3.63, 3.8) is 0 Å². The van der Waals surface area contributed by atoms with Gasteiger partial charge >= 0.3 is 0 Å². The molecule has 0 saturated carbocycles. The Labute approximate surface area is 134 Å². The van der Waals surface area contributed by atoms with E-state index in [9.17, 15) is 0 Å². The van der Waals surface area contributed by atoms with E-state index in [2.05, 4.69) is 49.7 Å². The first-order valence-corrected chi connectivity index (χ1v) is 10.9. The lowest BCUT2D eigenvalue weighted by Crippen LogP contribution is -2.41. The minimum absolute atomic E-state index is 0.260. The van der Waals surface area contributed by atoms with Gasteiger partial charge in [0.25, 0.3) is 0 Å². The molecule has 1 aromatic carbocycles. The number of nitrogens with two attached hydrogens (primary N) is 1. The van der Waals surface area contributed by atoms with Crippen LogP contribution in [0.1, 0.15) is 32.9 Å². The van der Waals surface area contributed by atoms with E-state index in [4.69, 9.17) is 10.2 Å². The SMILES string of the molecule is Cc1nn(CCCO[Si](C)(C)C(C)(C)C)c2cc(N)ccc12. The van der Waals surface area contributed by atoms with Gasteiger partial charge < -0.3 is 10.2 Å². The maximum absolute atomic E-state index is 6.23. The quantitative estimate of drug-likeness (QED) is 0.507. The molecule has 0 unspecified atom stereocenters. The monoisotopic (exact) mass is 319 g/mol. The van der Waals surface area contributed by atoms with Crippen LogP contribution < -0.4 is 5.73 Å². The van der Waals surface area contributed by atoms with E-state index in [0.717, 1.165) is 36.5 Å². The van der Waals surface area contributed by atoms with Gasteiger partial charge in [0.2, 0.25) is 0 Å². The summed E-state index contributed by atoms with van der Waals surface area (Å²) in [6.45, 7) is 15.1. The van der Waals surface area contributed by atoms with Crippen LogP contribution in [0, 0.1) is 6.92 Å². The van der Waals surface area contributed by atoms with Crippen LogP contribution >= 0.6 is 0 Å². The smallest absolute Gasteiger partial charge is 0.191 e.